The Bertz CT molecular complexity index is 94.9. The van der Waals surface area contributed by atoms with Gasteiger partial charge in [-0.2, -0.15) is 5.10 Å². The second kappa shape index (κ2) is 1.69. The van der Waals surface area contributed by atoms with Crippen molar-refractivity contribution in [2.45, 2.75) is 5.63 Å². The molecule has 1 unspecified atom stereocenters. The highest BCUT2D eigenvalue weighted by molar-refractivity contribution is 8.12. The molecule has 2 nitrogen and oxygen atoms in total. The van der Waals surface area contributed by atoms with E-state index >= 15 is 0 Å². The Balaban J connectivity index is 2.45. The third-order valence-corrected chi connectivity index (χ3v) is 1.44. The van der Waals surface area contributed by atoms with Gasteiger partial charge in [0, 0.05) is 7.05 Å². The lowest BCUT2D eigenvalue weighted by molar-refractivity contribution is 0.207. The number of hydrazone groups is 1. The van der Waals surface area contributed by atoms with Crippen LogP contribution < -0.4 is 0 Å². The van der Waals surface area contributed by atoms with Crippen molar-refractivity contribution >= 4 is 17.3 Å². The summed E-state index contributed by atoms with van der Waals surface area (Å²) in [5.41, 5.74) is 0.532. The van der Waals surface area contributed by atoms with Gasteiger partial charge in [-0.3, -0.25) is 5.01 Å². The van der Waals surface area contributed by atoms with Crippen LogP contribution in [-0.2, 0) is 0 Å². The third kappa shape index (κ3) is 0.851. The Hall–Kier alpha value is -0.250. The van der Waals surface area contributed by atoms with Crippen LogP contribution >= 0.6 is 11.8 Å². The lowest BCUT2D eigenvalue weighted by Crippen LogP contribution is -2.13. The van der Waals surface area contributed by atoms with E-state index in [2.05, 4.69) is 5.10 Å². The highest BCUT2D eigenvalue weighted by atomic mass is 32.2. The van der Waals surface area contributed by atoms with E-state index in [1.165, 1.54) is 10.6 Å². The zero-order valence-electron chi connectivity index (χ0n) is 3.84. The van der Waals surface area contributed by atoms with Crippen molar-refractivity contribution in [3.05, 3.63) is 0 Å². The van der Waals surface area contributed by atoms with Gasteiger partial charge in [0.2, 0.25) is 5.63 Å². The number of hydrogen-bond donors (Lipinski definition) is 0. The Morgan fingerprint density at radius 2 is 2.71 bits per heavy atom. The molecular formula is C3H5FN2S. The molecule has 0 aromatic rings. The van der Waals surface area contributed by atoms with E-state index in [0.717, 1.165) is 11.8 Å². The molecule has 0 spiro atoms. The minimum Gasteiger partial charge on any atom is -0.257 e. The van der Waals surface area contributed by atoms with Crippen LogP contribution in [0, 0.1) is 0 Å². The lowest BCUT2D eigenvalue weighted by Gasteiger charge is -2.06. The summed E-state index contributed by atoms with van der Waals surface area (Å²) in [6.07, 6.45) is 0. The van der Waals surface area contributed by atoms with Crippen molar-refractivity contribution in [3.8, 4) is 0 Å². The molecule has 0 saturated carbocycles. The average molecular weight is 120 g/mol. The summed E-state index contributed by atoms with van der Waals surface area (Å²) in [4.78, 5) is 0. The monoisotopic (exact) mass is 120 g/mol. The van der Waals surface area contributed by atoms with Gasteiger partial charge >= 0.3 is 0 Å². The first-order valence-electron chi connectivity index (χ1n) is 1.85. The predicted molar refractivity (Wildman–Crippen MR) is 28.7 cm³/mol. The van der Waals surface area contributed by atoms with Gasteiger partial charge in [-0.25, -0.2) is 4.39 Å². The number of nitrogens with zero attached hydrogens (tertiary/aromatic N) is 2. The highest BCUT2D eigenvalue weighted by Crippen LogP contribution is 2.18. The van der Waals surface area contributed by atoms with Gasteiger partial charge in [-0.05, 0) is 0 Å². The van der Waals surface area contributed by atoms with Gasteiger partial charge in [0.25, 0.3) is 0 Å². The third-order valence-electron chi connectivity index (χ3n) is 0.696. The van der Waals surface area contributed by atoms with Crippen LogP contribution in [0.5, 0.6) is 0 Å². The molecule has 0 bridgehead atoms. The molecule has 0 aromatic carbocycles. The molecule has 0 radical (unpaired) electrons. The quantitative estimate of drug-likeness (QED) is 0.441. The van der Waals surface area contributed by atoms with Crippen molar-refractivity contribution in [1.82, 2.24) is 5.01 Å². The van der Waals surface area contributed by atoms with Gasteiger partial charge in [0.15, 0.2) is 0 Å². The fourth-order valence-corrected chi connectivity index (χ4v) is 0.826. The van der Waals surface area contributed by atoms with Crippen molar-refractivity contribution in [1.29, 1.82) is 0 Å². The summed E-state index contributed by atoms with van der Waals surface area (Å²) < 4.78 is 12.1. The Labute approximate surface area is 45.4 Å². The van der Waals surface area contributed by atoms with Crippen LogP contribution in [0.2, 0.25) is 0 Å². The molecule has 0 aliphatic carbocycles. The minimum atomic E-state index is -0.958. The van der Waals surface area contributed by atoms with E-state index < -0.39 is 5.63 Å². The zero-order chi connectivity index (χ0) is 5.28. The summed E-state index contributed by atoms with van der Waals surface area (Å²) in [5.74, 6) is 0. The minimum absolute atomic E-state index is 0.958. The smallest absolute Gasteiger partial charge is 0.239 e. The van der Waals surface area contributed by atoms with Gasteiger partial charge < -0.3 is 0 Å². The van der Waals surface area contributed by atoms with E-state index in [1.807, 2.05) is 0 Å². The molecule has 4 heteroatoms. The molecule has 7 heavy (non-hydrogen) atoms. The Morgan fingerprint density at radius 1 is 2.00 bits per heavy atom. The maximum atomic E-state index is 12.1. The molecule has 1 atom stereocenters. The Morgan fingerprint density at radius 3 is 2.86 bits per heavy atom. The molecule has 0 saturated heterocycles. The van der Waals surface area contributed by atoms with E-state index in [4.69, 9.17) is 0 Å². The summed E-state index contributed by atoms with van der Waals surface area (Å²) in [5, 5.41) is 4.88. The molecule has 40 valence electrons. The number of alkyl halides is 1. The fourth-order valence-electron chi connectivity index (χ4n) is 0.292. The molecule has 1 rings (SSSR count). The van der Waals surface area contributed by atoms with Crippen molar-refractivity contribution in [3.63, 3.8) is 0 Å². The van der Waals surface area contributed by atoms with E-state index in [1.54, 1.807) is 7.05 Å². The lowest BCUT2D eigenvalue weighted by atomic mass is 11.1. The van der Waals surface area contributed by atoms with E-state index in [9.17, 15) is 4.39 Å². The van der Waals surface area contributed by atoms with Gasteiger partial charge in [0.05, 0.1) is 5.55 Å². The van der Waals surface area contributed by atoms with Crippen LogP contribution in [0.4, 0.5) is 4.39 Å². The van der Waals surface area contributed by atoms with Crippen molar-refractivity contribution < 1.29 is 4.39 Å². The van der Waals surface area contributed by atoms with Gasteiger partial charge in [-0.15, -0.1) is 0 Å². The SMILES string of the molecule is CN1N=CSC1F. The molecular weight excluding hydrogens is 115 g/mol. The maximum absolute atomic E-state index is 12.1. The van der Waals surface area contributed by atoms with Crippen LogP contribution in [0.15, 0.2) is 5.10 Å². The fraction of sp³-hybridized carbons (Fsp3) is 0.667. The maximum Gasteiger partial charge on any atom is 0.239 e. The molecule has 0 aromatic heterocycles. The van der Waals surface area contributed by atoms with Crippen molar-refractivity contribution in [2.24, 2.45) is 5.10 Å². The molecule has 1 aliphatic rings. The first-order chi connectivity index (χ1) is 3.30. The van der Waals surface area contributed by atoms with Crippen molar-refractivity contribution in [2.75, 3.05) is 7.05 Å². The molecule has 0 amide bonds. The van der Waals surface area contributed by atoms with Crippen LogP contribution in [0.1, 0.15) is 0 Å². The van der Waals surface area contributed by atoms with Gasteiger partial charge in [-0.1, -0.05) is 11.8 Å². The van der Waals surface area contributed by atoms with Crippen LogP contribution in [-0.4, -0.2) is 23.2 Å². The number of hydrogen-bond acceptors (Lipinski definition) is 3. The number of rotatable bonds is 0. The first kappa shape index (κ1) is 4.90. The summed E-state index contributed by atoms with van der Waals surface area (Å²) in [6.45, 7) is 0. The van der Waals surface area contributed by atoms with Crippen LogP contribution in [0.25, 0.3) is 0 Å². The average Bonchev–Trinajstić information content (AvgIpc) is 1.91. The molecule has 0 fully saturated rings. The molecule has 1 heterocycles. The first-order valence-corrected chi connectivity index (χ1v) is 2.80. The zero-order valence-corrected chi connectivity index (χ0v) is 4.65. The van der Waals surface area contributed by atoms with E-state index in [-0.39, 0.29) is 0 Å². The molecule has 1 aliphatic heterocycles. The highest BCUT2D eigenvalue weighted by Gasteiger charge is 2.14. The van der Waals surface area contributed by atoms with Gasteiger partial charge in [0.1, 0.15) is 0 Å². The second-order valence-electron chi connectivity index (χ2n) is 1.22. The number of halogens is 1. The van der Waals surface area contributed by atoms with Crippen LogP contribution in [0.3, 0.4) is 0 Å². The normalized spacial score (nSPS) is 29.4. The largest absolute Gasteiger partial charge is 0.257 e. The molecule has 0 N–H and O–H groups in total. The Kier molecular flexibility index (Phi) is 1.19. The standard InChI is InChI=1S/C3H5FN2S/c1-6-3(4)7-2-5-6/h2-3H,1H3. The van der Waals surface area contributed by atoms with E-state index in [0.29, 0.717) is 0 Å². The summed E-state index contributed by atoms with van der Waals surface area (Å²) >= 11 is 1.07. The second-order valence-corrected chi connectivity index (χ2v) is 2.09. The topological polar surface area (TPSA) is 15.6 Å². The summed E-state index contributed by atoms with van der Waals surface area (Å²) in [7, 11) is 1.60. The summed E-state index contributed by atoms with van der Waals surface area (Å²) in [6, 6.07) is 0. The predicted octanol–water partition coefficient (Wildman–Crippen LogP) is 0.861. The number of thioether (sulfide) groups is 1.